The van der Waals surface area contributed by atoms with E-state index < -0.39 is 261 Å². The molecule has 1 fully saturated rings. The molecule has 0 aromatic heterocycles. The number of rotatable bonds is 49. The van der Waals surface area contributed by atoms with Crippen LogP contribution >= 0.6 is 37.9 Å². The highest BCUT2D eigenvalue weighted by Gasteiger charge is 2.42. The Morgan fingerprint density at radius 2 is 0.879 bits per heavy atom. The van der Waals surface area contributed by atoms with Gasteiger partial charge in [-0.05, 0) is 50.0 Å². The largest absolute Gasteiger partial charge is 0.481 e. The summed E-state index contributed by atoms with van der Waals surface area (Å²) in [5.41, 5.74) is 16.8. The zero-order chi connectivity index (χ0) is 80.9. The SMILES string of the molecule is CC(C)C[C@H](NC(=O)[C@H](CC(=O)O)NC(=O)[C@H](CS)NC(=O)[C@H](CO)NC(=O)[C@H](CC(N)=O)NC(=O)[C@H](CO)NC(=O)[C@H](CO)NC(=O)[C@H](CC(=O)O)NC(=O)[C@H](CCCNC(=N)N)NC(=O)[C@@H](N)CS)C(=O)N1CCC[C@H]1C(=O)N[C@@H](CCC(=O)O)C(=O)N[C@@H](Cc1ccccc1)C(=O)N[C@@H](CS)C(=O)O. The lowest BCUT2D eigenvalue weighted by atomic mass is 10.0. The number of benzene rings is 1. The lowest BCUT2D eigenvalue weighted by Gasteiger charge is -2.31. The molecule has 1 heterocycles. The number of carbonyl (C=O) groups excluding carboxylic acids is 14. The molecule has 1 aromatic rings. The van der Waals surface area contributed by atoms with Crippen molar-refractivity contribution in [2.45, 2.75) is 169 Å². The van der Waals surface area contributed by atoms with E-state index in [9.17, 15) is 122 Å². The van der Waals surface area contributed by atoms with Crippen molar-refractivity contribution in [1.29, 1.82) is 5.41 Å². The summed E-state index contributed by atoms with van der Waals surface area (Å²) in [5, 5.41) is 105. The second-order valence-corrected chi connectivity index (χ2v) is 25.7. The Morgan fingerprint density at radius 1 is 0.486 bits per heavy atom. The van der Waals surface area contributed by atoms with E-state index in [1.54, 1.807) is 44.2 Å². The van der Waals surface area contributed by atoms with Crippen molar-refractivity contribution >= 4 is 150 Å². The number of nitrogens with zero attached hydrogens (tertiary/aromatic N) is 1. The minimum absolute atomic E-state index is 0.0178. The Balaban J connectivity index is 2.31. The molecule has 1 aromatic carbocycles. The minimum Gasteiger partial charge on any atom is -0.481 e. The van der Waals surface area contributed by atoms with E-state index in [1.165, 1.54) is 0 Å². The summed E-state index contributed by atoms with van der Waals surface area (Å²) in [5.74, 6) is -25.3. The third-order valence-corrected chi connectivity index (χ3v) is 16.8. The second kappa shape index (κ2) is 47.4. The molecule has 0 spiro atoms. The molecule has 27 N–H and O–H groups in total. The van der Waals surface area contributed by atoms with Crippen LogP contribution in [-0.4, -0.2) is 288 Å². The van der Waals surface area contributed by atoms with Crippen LogP contribution in [0.2, 0.25) is 0 Å². The average Bonchev–Trinajstić information content (AvgIpc) is 1.62. The van der Waals surface area contributed by atoms with Crippen LogP contribution in [0.3, 0.4) is 0 Å². The van der Waals surface area contributed by atoms with E-state index in [4.69, 9.17) is 22.6 Å². The lowest BCUT2D eigenvalue weighted by Crippen LogP contribution is -2.62. The van der Waals surface area contributed by atoms with Crippen molar-refractivity contribution in [2.24, 2.45) is 23.1 Å². The highest BCUT2D eigenvalue weighted by atomic mass is 32.1. The number of hydrogen-bond acceptors (Lipinski definition) is 26. The standard InChI is InChI=1S/C61H94N18O25S3/c1-27(2)16-36(59(102)79-15-7-11-42(79)58(101)68-31(12-13-44(84)85)49(92)69-32(17-28-8-4-3-5-9-28)50(93)78-41(26-107)60(103)104)73-52(95)34(19-45(86)87)72-57(100)40(25-106)77-56(99)39(23-82)74-51(94)33(18-43(63)83)70-54(97)37(21-80)76-55(98)38(22-81)75-53(96)35(20-46(88)89)71-48(91)30(10-6-14-66-61(64)65)67-47(90)29(62)24-105/h3-5,8-9,27,29-42,80-82,105-107H,6-7,10-26,62H2,1-2H3,(H2,63,83)(H,67,90)(H,68,101)(H,69,92)(H,70,97)(H,71,91)(H,72,100)(H,73,95)(H,74,94)(H,75,96)(H,76,98)(H,77,99)(H,78,93)(H,84,85)(H,86,87)(H,88,89)(H,103,104)(H4,64,65,66)/t29-,30-,31-,32-,33-,34-,35-,36-,37-,38-,39-,40-,41-,42-/m0/s1. The number of nitrogens with one attached hydrogen (secondary N) is 14. The van der Waals surface area contributed by atoms with Crippen LogP contribution < -0.4 is 86.3 Å². The van der Waals surface area contributed by atoms with Gasteiger partial charge >= 0.3 is 23.9 Å². The lowest BCUT2D eigenvalue weighted by molar-refractivity contribution is -0.144. The van der Waals surface area contributed by atoms with Crippen LogP contribution in [-0.2, 0) is 92.7 Å². The van der Waals surface area contributed by atoms with Crippen molar-refractivity contribution in [2.75, 3.05) is 50.2 Å². The number of aliphatic hydroxyl groups excluding tert-OH is 3. The molecule has 1 aliphatic rings. The number of carboxylic acids is 4. The van der Waals surface area contributed by atoms with Crippen LogP contribution in [0.4, 0.5) is 0 Å². The number of primary amides is 1. The first-order chi connectivity index (χ1) is 50.3. The molecule has 0 saturated carbocycles. The molecule has 14 atom stereocenters. The third kappa shape index (κ3) is 33.0. The molecule has 2 rings (SSSR count). The van der Waals surface area contributed by atoms with Gasteiger partial charge in [0.05, 0.1) is 45.1 Å². The van der Waals surface area contributed by atoms with E-state index in [0.29, 0.717) is 5.56 Å². The van der Waals surface area contributed by atoms with Crippen LogP contribution in [0.25, 0.3) is 0 Å². The summed E-state index contributed by atoms with van der Waals surface area (Å²) in [6, 6.07) is -16.5. The Kier molecular flexibility index (Phi) is 41.2. The highest BCUT2D eigenvalue weighted by molar-refractivity contribution is 7.80. The Morgan fingerprint density at radius 3 is 1.30 bits per heavy atom. The van der Waals surface area contributed by atoms with Gasteiger partial charge in [0.1, 0.15) is 78.5 Å². The van der Waals surface area contributed by atoms with Crippen molar-refractivity contribution in [3.63, 3.8) is 0 Å². The normalized spacial score (nSPS) is 16.1. The van der Waals surface area contributed by atoms with Crippen molar-refractivity contribution in [1.82, 2.24) is 74.0 Å². The number of carbonyl (C=O) groups is 18. The fraction of sp³-hybridized carbons (Fsp3) is 0.590. The topological polar surface area (TPSA) is 710 Å². The van der Waals surface area contributed by atoms with Crippen LogP contribution in [0.5, 0.6) is 0 Å². The van der Waals surface area contributed by atoms with Gasteiger partial charge in [-0.2, -0.15) is 37.9 Å². The first-order valence-electron chi connectivity index (χ1n) is 33.0. The second-order valence-electron chi connectivity index (χ2n) is 24.6. The van der Waals surface area contributed by atoms with Gasteiger partial charge in [-0.3, -0.25) is 86.9 Å². The van der Waals surface area contributed by atoms with Crippen LogP contribution in [0.1, 0.15) is 83.6 Å². The molecular weight excluding hydrogens is 1480 g/mol. The Labute approximate surface area is 627 Å². The Bertz CT molecular complexity index is 3350. The zero-order valence-electron chi connectivity index (χ0n) is 58.0. The number of likely N-dealkylation sites (tertiary alicyclic amines) is 1. The molecule has 107 heavy (non-hydrogen) atoms. The van der Waals surface area contributed by atoms with Crippen molar-refractivity contribution in [3.05, 3.63) is 35.9 Å². The molecule has 0 radical (unpaired) electrons. The van der Waals surface area contributed by atoms with Gasteiger partial charge in [-0.1, -0.05) is 44.2 Å². The number of nitrogens with two attached hydrogens (primary N) is 3. The van der Waals surface area contributed by atoms with Gasteiger partial charge in [0, 0.05) is 43.2 Å². The first-order valence-corrected chi connectivity index (χ1v) is 34.9. The summed E-state index contributed by atoms with van der Waals surface area (Å²) in [6.07, 6.45) is -5.04. The van der Waals surface area contributed by atoms with Gasteiger partial charge < -0.3 is 127 Å². The number of aliphatic carboxylic acids is 4. The molecule has 46 heteroatoms. The van der Waals surface area contributed by atoms with Crippen molar-refractivity contribution < 1.29 is 122 Å². The minimum atomic E-state index is -2.13. The number of thiol groups is 3. The molecular formula is C61H94N18O25S3. The molecule has 0 bridgehead atoms. The third-order valence-electron chi connectivity index (χ3n) is 15.6. The molecule has 14 amide bonds. The number of aliphatic hydroxyl groups is 3. The van der Waals surface area contributed by atoms with Gasteiger partial charge in [0.25, 0.3) is 0 Å². The fourth-order valence-electron chi connectivity index (χ4n) is 10.1. The molecule has 0 aliphatic carbocycles. The van der Waals surface area contributed by atoms with Crippen LogP contribution in [0.15, 0.2) is 30.3 Å². The maximum Gasteiger partial charge on any atom is 0.327 e. The van der Waals surface area contributed by atoms with E-state index in [2.05, 4.69) is 85.7 Å². The van der Waals surface area contributed by atoms with E-state index in [0.717, 1.165) is 4.90 Å². The zero-order valence-corrected chi connectivity index (χ0v) is 60.7. The molecule has 43 nitrogen and oxygen atoms in total. The molecule has 0 unspecified atom stereocenters. The monoisotopic (exact) mass is 1570 g/mol. The summed E-state index contributed by atoms with van der Waals surface area (Å²) in [4.78, 5) is 239. The van der Waals surface area contributed by atoms with E-state index in [1.807, 2.05) is 21.3 Å². The molecule has 596 valence electrons. The van der Waals surface area contributed by atoms with Gasteiger partial charge in [-0.25, -0.2) is 4.79 Å². The maximum atomic E-state index is 14.5. The summed E-state index contributed by atoms with van der Waals surface area (Å²) in [7, 11) is 0. The van der Waals surface area contributed by atoms with Gasteiger partial charge in [0.15, 0.2) is 5.96 Å². The summed E-state index contributed by atoms with van der Waals surface area (Å²) in [6.45, 7) is -0.775. The van der Waals surface area contributed by atoms with Crippen LogP contribution in [0, 0.1) is 11.3 Å². The van der Waals surface area contributed by atoms with E-state index in [-0.39, 0.29) is 63.1 Å². The first kappa shape index (κ1) is 92.9. The average molecular weight is 1580 g/mol. The Hall–Kier alpha value is -10.2. The van der Waals surface area contributed by atoms with Gasteiger partial charge in [-0.15, -0.1) is 0 Å². The summed E-state index contributed by atoms with van der Waals surface area (Å²) >= 11 is 12.0. The summed E-state index contributed by atoms with van der Waals surface area (Å²) < 4.78 is 0. The van der Waals surface area contributed by atoms with E-state index >= 15 is 0 Å². The number of guanidine groups is 1. The number of hydrogen-bond donors (Lipinski definition) is 27. The van der Waals surface area contributed by atoms with Gasteiger partial charge in [0.2, 0.25) is 82.7 Å². The predicted octanol–water partition coefficient (Wildman–Crippen LogP) is -10.8. The quantitative estimate of drug-likeness (QED) is 0.0125. The maximum absolute atomic E-state index is 14.5. The highest BCUT2D eigenvalue weighted by Crippen LogP contribution is 2.22. The molecule has 1 aliphatic heterocycles. The predicted molar refractivity (Wildman–Crippen MR) is 380 cm³/mol. The smallest absolute Gasteiger partial charge is 0.327 e. The number of carboxylic acid groups (broad SMARTS) is 4. The van der Waals surface area contributed by atoms with Crippen molar-refractivity contribution in [3.8, 4) is 0 Å². The fourth-order valence-corrected chi connectivity index (χ4v) is 10.8. The number of amides is 14. The molecule has 1 saturated heterocycles.